The zero-order valence-corrected chi connectivity index (χ0v) is 13.9. The van der Waals surface area contributed by atoms with E-state index in [0.29, 0.717) is 0 Å². The molecule has 0 atom stereocenters. The Labute approximate surface area is 119 Å². The Hall–Kier alpha value is -0.126. The van der Waals surface area contributed by atoms with Gasteiger partial charge in [-0.25, -0.2) is 0 Å². The second kappa shape index (κ2) is 4.18. The van der Waals surface area contributed by atoms with Crippen molar-refractivity contribution >= 4 is 16.6 Å². The summed E-state index contributed by atoms with van der Waals surface area (Å²) in [5.74, 6) is 0. The van der Waals surface area contributed by atoms with Gasteiger partial charge in [-0.05, 0) is 22.2 Å². The van der Waals surface area contributed by atoms with Crippen molar-refractivity contribution in [2.75, 3.05) is 0 Å². The van der Waals surface area contributed by atoms with Crippen molar-refractivity contribution < 1.29 is 4.12 Å². The van der Waals surface area contributed by atoms with Crippen molar-refractivity contribution in [2.24, 2.45) is 0 Å². The molecule has 104 valence electrons. The minimum atomic E-state index is -1.65. The van der Waals surface area contributed by atoms with Crippen LogP contribution in [-0.2, 0) is 4.12 Å². The van der Waals surface area contributed by atoms with Crippen LogP contribution in [0.1, 0.15) is 51.4 Å². The molecule has 19 heavy (non-hydrogen) atoms. The first-order chi connectivity index (χ1) is 9.25. The third kappa shape index (κ3) is 1.97. The van der Waals surface area contributed by atoms with Gasteiger partial charge in [0.2, 0.25) is 16.6 Å². The molecule has 4 saturated carbocycles. The Kier molecular flexibility index (Phi) is 2.78. The molecule has 0 aromatic heterocycles. The lowest BCUT2D eigenvalue weighted by Crippen LogP contribution is -2.51. The fourth-order valence-electron chi connectivity index (χ4n) is 4.19. The van der Waals surface area contributed by atoms with Crippen LogP contribution in [0.25, 0.3) is 0 Å². The van der Waals surface area contributed by atoms with Crippen LogP contribution < -0.4 is 0 Å². The molecular formula is C16H26OSi2. The smallest absolute Gasteiger partial charge is 0.210 e. The van der Waals surface area contributed by atoms with Crippen LogP contribution >= 0.6 is 0 Å². The predicted octanol–water partition coefficient (Wildman–Crippen LogP) is 5.00. The summed E-state index contributed by atoms with van der Waals surface area (Å²) in [6, 6.07) is 0. The first-order valence-electron chi connectivity index (χ1n) is 8.22. The Morgan fingerprint density at radius 3 is 1.05 bits per heavy atom. The fourth-order valence-corrected chi connectivity index (χ4v) is 16.9. The Morgan fingerprint density at radius 1 is 0.632 bits per heavy atom. The lowest BCUT2D eigenvalue weighted by atomic mass is 10.9. The highest BCUT2D eigenvalue weighted by Gasteiger charge is 2.64. The molecule has 0 unspecified atom stereocenters. The summed E-state index contributed by atoms with van der Waals surface area (Å²) in [4.78, 5) is 0. The molecule has 4 aliphatic rings. The fraction of sp³-hybridized carbons (Fsp3) is 0.750. The molecule has 0 bridgehead atoms. The molecule has 0 saturated heterocycles. The molecule has 0 aromatic carbocycles. The summed E-state index contributed by atoms with van der Waals surface area (Å²) in [5, 5.41) is 0. The highest BCUT2D eigenvalue weighted by Crippen LogP contribution is 2.65. The summed E-state index contributed by atoms with van der Waals surface area (Å²) in [6.07, 6.45) is 11.4. The number of hydrogen-bond acceptors (Lipinski definition) is 1. The van der Waals surface area contributed by atoms with Crippen LogP contribution in [0.15, 0.2) is 24.6 Å². The van der Waals surface area contributed by atoms with Crippen molar-refractivity contribution in [1.29, 1.82) is 0 Å². The van der Waals surface area contributed by atoms with E-state index in [-0.39, 0.29) is 0 Å². The van der Waals surface area contributed by atoms with E-state index in [1.54, 1.807) is 0 Å². The van der Waals surface area contributed by atoms with Gasteiger partial charge >= 0.3 is 0 Å². The van der Waals surface area contributed by atoms with Crippen LogP contribution in [0.3, 0.4) is 0 Å². The van der Waals surface area contributed by atoms with E-state index in [9.17, 15) is 0 Å². The van der Waals surface area contributed by atoms with Crippen molar-refractivity contribution in [3.8, 4) is 0 Å². The van der Waals surface area contributed by atoms with E-state index < -0.39 is 16.6 Å². The Bertz CT molecular complexity index is 341. The minimum absolute atomic E-state index is 0.918. The maximum atomic E-state index is 7.26. The summed E-state index contributed by atoms with van der Waals surface area (Å²) < 4.78 is 7.26. The molecule has 0 aromatic rings. The first kappa shape index (κ1) is 12.6. The summed E-state index contributed by atoms with van der Waals surface area (Å²) in [5.41, 5.74) is 8.36. The van der Waals surface area contributed by atoms with Crippen LogP contribution in [0.5, 0.6) is 0 Å². The molecule has 4 rings (SSSR count). The van der Waals surface area contributed by atoms with E-state index in [4.69, 9.17) is 4.12 Å². The van der Waals surface area contributed by atoms with Gasteiger partial charge in [-0.2, -0.15) is 0 Å². The minimum Gasteiger partial charge on any atom is -0.448 e. The topological polar surface area (TPSA) is 9.23 Å². The average molecular weight is 291 g/mol. The lowest BCUT2D eigenvalue weighted by molar-refractivity contribution is 0.522. The predicted molar refractivity (Wildman–Crippen MR) is 84.9 cm³/mol. The van der Waals surface area contributed by atoms with Crippen LogP contribution in [-0.4, -0.2) is 16.6 Å². The molecule has 0 radical (unpaired) electrons. The number of rotatable bonds is 8. The highest BCUT2D eigenvalue weighted by atomic mass is 28.4. The van der Waals surface area contributed by atoms with Gasteiger partial charge in [0, 0.05) is 0 Å². The van der Waals surface area contributed by atoms with E-state index in [2.05, 4.69) is 24.6 Å². The zero-order valence-electron chi connectivity index (χ0n) is 11.9. The van der Waals surface area contributed by atoms with Crippen LogP contribution in [0.4, 0.5) is 0 Å². The molecular weight excluding hydrogens is 264 g/mol. The Morgan fingerprint density at radius 2 is 0.895 bits per heavy atom. The van der Waals surface area contributed by atoms with E-state index in [1.165, 1.54) is 51.4 Å². The largest absolute Gasteiger partial charge is 0.448 e. The maximum absolute atomic E-state index is 7.26. The molecule has 0 amide bonds. The molecule has 1 nitrogen and oxygen atoms in total. The van der Waals surface area contributed by atoms with Crippen molar-refractivity contribution in [1.82, 2.24) is 0 Å². The molecule has 0 N–H and O–H groups in total. The summed E-state index contributed by atoms with van der Waals surface area (Å²) >= 11 is 0. The normalized spacial score (nSPS) is 28.2. The third-order valence-electron chi connectivity index (χ3n) is 5.85. The first-order valence-corrected chi connectivity index (χ1v) is 12.5. The maximum Gasteiger partial charge on any atom is 0.210 e. The van der Waals surface area contributed by atoms with Gasteiger partial charge in [-0.15, -0.1) is 13.2 Å². The summed E-state index contributed by atoms with van der Waals surface area (Å²) in [7, 11) is -3.30. The molecule has 4 fully saturated rings. The Balaban J connectivity index is 1.65. The van der Waals surface area contributed by atoms with E-state index in [1.807, 2.05) is 0 Å². The van der Waals surface area contributed by atoms with Gasteiger partial charge in [0.05, 0.1) is 0 Å². The van der Waals surface area contributed by atoms with Crippen LogP contribution in [0.2, 0.25) is 22.2 Å². The molecule has 4 aliphatic carbocycles. The second-order valence-electron chi connectivity index (χ2n) is 7.31. The quantitative estimate of drug-likeness (QED) is 0.572. The van der Waals surface area contributed by atoms with Gasteiger partial charge in [0.15, 0.2) is 0 Å². The van der Waals surface area contributed by atoms with Gasteiger partial charge in [0.25, 0.3) is 0 Å². The SMILES string of the molecule is C=C[Si](O[Si](C=C)(C1CC1)C1CC1)(C1CC1)C1CC1. The lowest BCUT2D eigenvalue weighted by Gasteiger charge is -2.40. The average Bonchev–Trinajstić information content (AvgIpc) is 3.31. The molecule has 0 aliphatic heterocycles. The number of hydrogen-bond donors (Lipinski definition) is 0. The van der Waals surface area contributed by atoms with E-state index >= 15 is 0 Å². The standard InChI is InChI=1S/C16H26OSi2/c1-3-18(13-5-6-13,14-7-8-14)17-19(4-2,15-9-10-15)16-11-12-16/h3-4,13-16H,1-2,5-12H2. The van der Waals surface area contributed by atoms with E-state index in [0.717, 1.165) is 22.2 Å². The van der Waals surface area contributed by atoms with Crippen molar-refractivity contribution in [3.63, 3.8) is 0 Å². The van der Waals surface area contributed by atoms with Crippen molar-refractivity contribution in [3.05, 3.63) is 24.6 Å². The second-order valence-corrected chi connectivity index (χ2v) is 15.6. The third-order valence-corrected chi connectivity index (χ3v) is 17.4. The molecule has 3 heteroatoms. The zero-order chi connectivity index (χ0) is 13.1. The molecule has 0 spiro atoms. The van der Waals surface area contributed by atoms with Gasteiger partial charge in [0.1, 0.15) is 0 Å². The van der Waals surface area contributed by atoms with Gasteiger partial charge in [-0.3, -0.25) is 0 Å². The van der Waals surface area contributed by atoms with Gasteiger partial charge < -0.3 is 4.12 Å². The monoisotopic (exact) mass is 290 g/mol. The summed E-state index contributed by atoms with van der Waals surface area (Å²) in [6.45, 7) is 8.52. The highest BCUT2D eigenvalue weighted by molar-refractivity contribution is 6.95. The molecule has 0 heterocycles. The van der Waals surface area contributed by atoms with Crippen molar-refractivity contribution in [2.45, 2.75) is 73.5 Å². The van der Waals surface area contributed by atoms with Gasteiger partial charge in [-0.1, -0.05) is 62.8 Å². The van der Waals surface area contributed by atoms with Crippen LogP contribution in [0, 0.1) is 0 Å².